The first-order valence-electron chi connectivity index (χ1n) is 6.15. The Morgan fingerprint density at radius 2 is 0.286 bits per heavy atom. The zero-order chi connectivity index (χ0) is 23.0. The van der Waals surface area contributed by atoms with Gasteiger partial charge in [-0.25, -0.2) is 0 Å². The Balaban J connectivity index is 3.23. The summed E-state index contributed by atoms with van der Waals surface area (Å²) in [7, 11) is 0. The normalized spacial score (nSPS) is 43.1. The summed E-state index contributed by atoms with van der Waals surface area (Å²) in [6, 6.07) is 0. The van der Waals surface area contributed by atoms with Crippen LogP contribution in [0.1, 0.15) is 0 Å². The van der Waals surface area contributed by atoms with Gasteiger partial charge in [-0.1, -0.05) is 186 Å². The summed E-state index contributed by atoms with van der Waals surface area (Å²) in [5, 5.41) is 0. The lowest BCUT2D eigenvalue weighted by Gasteiger charge is -2.75. The third-order valence-corrected chi connectivity index (χ3v) is 18.5. The summed E-state index contributed by atoms with van der Waals surface area (Å²) in [4.78, 5) is -5.89. The van der Waals surface area contributed by atoms with E-state index in [0.29, 0.717) is 0 Å². The Hall–Kier alpha value is 5.22. The average molecular weight is 758 g/mol. The molecule has 0 N–H and O–H groups in total. The molecule has 2 rings (SSSR count). The van der Waals surface area contributed by atoms with Gasteiger partial charge in [-0.15, -0.1) is 23.2 Å². The van der Waals surface area contributed by atoms with Crippen LogP contribution in [0.5, 0.6) is 0 Å². The Morgan fingerprint density at radius 3 is 0.393 bits per heavy atom. The van der Waals surface area contributed by atoms with Crippen molar-refractivity contribution in [1.29, 1.82) is 0 Å². The van der Waals surface area contributed by atoms with Crippen molar-refractivity contribution < 1.29 is 0 Å². The van der Waals surface area contributed by atoms with Crippen molar-refractivity contribution in [3.8, 4) is 0 Å². The molecule has 0 heterocycles. The molecule has 2 aliphatic rings. The predicted molar refractivity (Wildman–Crippen MR) is 133 cm³/mol. The van der Waals surface area contributed by atoms with E-state index in [1.807, 2.05) is 0 Å². The number of hydrogen-bond donors (Lipinski definition) is 0. The van der Waals surface area contributed by atoms with Crippen molar-refractivity contribution in [2.24, 2.45) is 0 Å². The largest absolute Gasteiger partial charge is 0.188 e. The van der Waals surface area contributed by atoms with Crippen molar-refractivity contribution in [2.45, 2.75) is 44.4 Å². The summed E-state index contributed by atoms with van der Waals surface area (Å²) >= 11 is 115. The van der Waals surface area contributed by atoms with E-state index in [1.165, 1.54) is 0 Å². The van der Waals surface area contributed by atoms with Gasteiger partial charge in [0.1, 0.15) is 9.75 Å². The molecule has 0 atom stereocenters. The first kappa shape index (κ1) is 29.5. The van der Waals surface area contributed by atoms with E-state index in [9.17, 15) is 0 Å². The Labute approximate surface area is 249 Å². The lowest BCUT2D eigenvalue weighted by atomic mass is 9.65. The second-order valence-corrected chi connectivity index (χ2v) is 17.7. The molecule has 2 saturated carbocycles. The van der Waals surface area contributed by atoms with Crippen molar-refractivity contribution in [1.82, 2.24) is 0 Å². The van der Waals surface area contributed by atoms with E-state index < -0.39 is 44.4 Å². The molecule has 0 bridgehead atoms. The highest BCUT2D eigenvalue weighted by Gasteiger charge is 3.01. The maximum Gasteiger partial charge on any atom is 0.188 e. The lowest BCUT2D eigenvalue weighted by molar-refractivity contribution is 0.150. The number of alkyl halides is 18. The van der Waals surface area contributed by atoms with E-state index in [2.05, 4.69) is 0 Å². The summed E-state index contributed by atoms with van der Waals surface area (Å²) in [5.74, 6) is 0. The van der Waals surface area contributed by atoms with Crippen LogP contribution in [-0.2, 0) is 0 Å². The van der Waals surface area contributed by atoms with Gasteiger partial charge in [0.05, 0.1) is 0 Å². The molecular formula is C10Cl18. The third kappa shape index (κ3) is 2.62. The molecule has 0 aromatic rings. The van der Waals surface area contributed by atoms with Gasteiger partial charge in [-0.05, 0) is 0 Å². The van der Waals surface area contributed by atoms with Gasteiger partial charge >= 0.3 is 0 Å². The number of hydrogen-bond acceptors (Lipinski definition) is 0. The Kier molecular flexibility index (Phi) is 7.77. The topological polar surface area (TPSA) is 0 Å². The summed E-state index contributed by atoms with van der Waals surface area (Å²) in [5.41, 5.74) is 0. The SMILES string of the molecule is ClC1(Cl)C(Cl)(Cl)C(Cl)(Cl)C2(Cl)C(Cl)(Cl)C(Cl)(Cl)C(Cl)(Cl)C(Cl)(Cl)C2(Cl)C1(Cl)Cl. The molecule has 0 radical (unpaired) electrons. The molecule has 0 aromatic carbocycles. The van der Waals surface area contributed by atoms with Crippen LogP contribution in [0.4, 0.5) is 0 Å². The van der Waals surface area contributed by atoms with Gasteiger partial charge in [0, 0.05) is 0 Å². The Bertz CT molecular complexity index is 587. The maximum absolute atomic E-state index is 6.72. The van der Waals surface area contributed by atoms with Gasteiger partial charge in [0.25, 0.3) is 0 Å². The molecular weight excluding hydrogens is 758 g/mol. The van der Waals surface area contributed by atoms with Gasteiger partial charge < -0.3 is 0 Å². The molecule has 0 spiro atoms. The monoisotopic (exact) mass is 749 g/mol. The van der Waals surface area contributed by atoms with Crippen molar-refractivity contribution in [3.05, 3.63) is 0 Å². The molecule has 0 saturated heterocycles. The molecule has 18 heteroatoms. The van der Waals surface area contributed by atoms with E-state index in [1.54, 1.807) is 0 Å². The molecule has 0 nitrogen and oxygen atoms in total. The fourth-order valence-corrected chi connectivity index (χ4v) is 11.7. The van der Waals surface area contributed by atoms with Crippen LogP contribution in [0.3, 0.4) is 0 Å². The van der Waals surface area contributed by atoms with E-state index in [-0.39, 0.29) is 0 Å². The second-order valence-electron chi connectivity index (χ2n) is 5.91. The first-order chi connectivity index (χ1) is 11.8. The smallest absolute Gasteiger partial charge is 0.110 e. The predicted octanol–water partition coefficient (Wildman–Crippen LogP) is 10.4. The van der Waals surface area contributed by atoms with Gasteiger partial charge in [0.2, 0.25) is 0 Å². The number of rotatable bonds is 0. The molecule has 0 aliphatic heterocycles. The van der Waals surface area contributed by atoms with Crippen LogP contribution < -0.4 is 0 Å². The van der Waals surface area contributed by atoms with Crippen LogP contribution in [-0.4, -0.2) is 44.4 Å². The van der Waals surface area contributed by atoms with Gasteiger partial charge in [0.15, 0.2) is 34.7 Å². The van der Waals surface area contributed by atoms with Crippen LogP contribution in [0, 0.1) is 0 Å². The fourth-order valence-electron chi connectivity index (χ4n) is 2.91. The van der Waals surface area contributed by atoms with E-state index in [4.69, 9.17) is 209 Å². The van der Waals surface area contributed by atoms with Crippen LogP contribution in [0.15, 0.2) is 0 Å². The first-order valence-corrected chi connectivity index (χ1v) is 13.0. The minimum Gasteiger partial charge on any atom is -0.110 e. The van der Waals surface area contributed by atoms with Crippen LogP contribution in [0.2, 0.25) is 0 Å². The highest BCUT2D eigenvalue weighted by molar-refractivity contribution is 6.84. The molecule has 2 aliphatic carbocycles. The lowest BCUT2D eigenvalue weighted by Crippen LogP contribution is -2.95. The molecule has 0 aromatic heterocycles. The van der Waals surface area contributed by atoms with Crippen molar-refractivity contribution >= 4 is 209 Å². The standard InChI is InChI=1S/C10Cl18/c11-1-2(12,5(17,18)9(25,26)7(21,22)3(1,13)14)6(19,20)10(27,28)8(23,24)4(1,15)16. The van der Waals surface area contributed by atoms with Crippen molar-refractivity contribution in [2.75, 3.05) is 0 Å². The van der Waals surface area contributed by atoms with Gasteiger partial charge in [-0.2, -0.15) is 0 Å². The minimum absolute atomic E-state index is 2.77. The average Bonchev–Trinajstić information content (AvgIpc) is 2.49. The molecule has 28 heavy (non-hydrogen) atoms. The van der Waals surface area contributed by atoms with Crippen LogP contribution >= 0.6 is 209 Å². The molecule has 2 fully saturated rings. The fraction of sp³-hybridized carbons (Fsp3) is 1.00. The molecule has 166 valence electrons. The van der Waals surface area contributed by atoms with Gasteiger partial charge in [-0.3, -0.25) is 0 Å². The zero-order valence-electron chi connectivity index (χ0n) is 11.8. The second kappa shape index (κ2) is 7.38. The summed E-state index contributed by atoms with van der Waals surface area (Å²) < 4.78 is -22.6. The molecule has 0 amide bonds. The number of fused-ring (bicyclic) bond motifs is 1. The Morgan fingerprint density at radius 1 is 0.179 bits per heavy atom. The van der Waals surface area contributed by atoms with Crippen molar-refractivity contribution in [3.63, 3.8) is 0 Å². The quantitative estimate of drug-likeness (QED) is 0.216. The minimum atomic E-state index is -2.94. The summed E-state index contributed by atoms with van der Waals surface area (Å²) in [6.45, 7) is 0. The zero-order valence-corrected chi connectivity index (χ0v) is 25.4. The highest BCUT2D eigenvalue weighted by atomic mass is 35.6. The highest BCUT2D eigenvalue weighted by Crippen LogP contribution is 2.87. The third-order valence-electron chi connectivity index (χ3n) is 4.57. The van der Waals surface area contributed by atoms with E-state index in [0.717, 1.165) is 0 Å². The maximum atomic E-state index is 6.72. The van der Waals surface area contributed by atoms with Crippen LogP contribution in [0.25, 0.3) is 0 Å². The van der Waals surface area contributed by atoms with E-state index >= 15 is 0 Å². The molecule has 0 unspecified atom stereocenters. The summed E-state index contributed by atoms with van der Waals surface area (Å²) in [6.07, 6.45) is 0. The number of halogens is 18.